The maximum Gasteiger partial charge on any atom is 0.274 e. The third-order valence-corrected chi connectivity index (χ3v) is 5.25. The Bertz CT molecular complexity index is 1130. The van der Waals surface area contributed by atoms with Gasteiger partial charge in [0.2, 0.25) is 5.95 Å². The fraction of sp³-hybridized carbons (Fsp3) is 0.211. The largest absolute Gasteiger partial charge is 0.379 e. The number of benzene rings is 1. The fourth-order valence-corrected chi connectivity index (χ4v) is 3.37. The second kappa shape index (κ2) is 7.24. The molecule has 0 fully saturated rings. The zero-order valence-electron chi connectivity index (χ0n) is 15.1. The van der Waals surface area contributed by atoms with Crippen molar-refractivity contribution in [2.75, 3.05) is 10.6 Å². The van der Waals surface area contributed by atoms with Crippen LogP contribution in [0.4, 0.5) is 11.6 Å². The lowest BCUT2D eigenvalue weighted by molar-refractivity contribution is 0.875. The molecular weight excluding hydrogens is 360 g/mol. The third kappa shape index (κ3) is 3.85. The van der Waals surface area contributed by atoms with Gasteiger partial charge in [-0.25, -0.2) is 4.98 Å². The van der Waals surface area contributed by atoms with E-state index in [9.17, 15) is 4.79 Å². The van der Waals surface area contributed by atoms with E-state index >= 15 is 0 Å². The van der Waals surface area contributed by atoms with Gasteiger partial charge in [0.1, 0.15) is 0 Å². The Labute approximate surface area is 160 Å². The van der Waals surface area contributed by atoms with Gasteiger partial charge in [0, 0.05) is 16.6 Å². The Kier molecular flexibility index (Phi) is 4.64. The monoisotopic (exact) mass is 380 g/mol. The number of rotatable bonds is 6. The number of aromatic amines is 1. The minimum absolute atomic E-state index is 0.187. The molecule has 0 radical (unpaired) electrons. The quantitative estimate of drug-likeness (QED) is 0.478. The number of aryl methyl sites for hydroxylation is 2. The summed E-state index contributed by atoms with van der Waals surface area (Å²) in [6.45, 7) is 5.26. The van der Waals surface area contributed by atoms with Gasteiger partial charge in [-0.05, 0) is 48.6 Å². The molecule has 3 heterocycles. The van der Waals surface area contributed by atoms with Gasteiger partial charge in [-0.2, -0.15) is 9.50 Å². The molecule has 3 N–H and O–H groups in total. The first-order valence-electron chi connectivity index (χ1n) is 8.64. The summed E-state index contributed by atoms with van der Waals surface area (Å²) < 4.78 is 1.34. The molecule has 8 heteroatoms. The summed E-state index contributed by atoms with van der Waals surface area (Å²) in [5.41, 5.74) is 3.93. The second-order valence-electron chi connectivity index (χ2n) is 6.38. The van der Waals surface area contributed by atoms with Gasteiger partial charge in [0.15, 0.2) is 0 Å². The number of nitrogens with one attached hydrogen (secondary N) is 3. The van der Waals surface area contributed by atoms with Crippen LogP contribution in [-0.4, -0.2) is 19.6 Å². The molecule has 0 atom stereocenters. The summed E-state index contributed by atoms with van der Waals surface area (Å²) in [6.07, 6.45) is 0. The average molecular weight is 380 g/mol. The van der Waals surface area contributed by atoms with Crippen LogP contribution in [0.1, 0.15) is 21.7 Å². The number of hydrogen-bond donors (Lipinski definition) is 3. The van der Waals surface area contributed by atoms with E-state index in [2.05, 4.69) is 51.7 Å². The van der Waals surface area contributed by atoms with Crippen LogP contribution < -0.4 is 16.2 Å². The summed E-state index contributed by atoms with van der Waals surface area (Å²) in [5.74, 6) is 0.875. The molecule has 0 aliphatic carbocycles. The Morgan fingerprint density at radius 2 is 1.96 bits per heavy atom. The summed E-state index contributed by atoms with van der Waals surface area (Å²) in [6, 6.07) is 11.7. The summed E-state index contributed by atoms with van der Waals surface area (Å²) >= 11 is 1.66. The summed E-state index contributed by atoms with van der Waals surface area (Å²) in [7, 11) is 0. The van der Waals surface area contributed by atoms with Crippen LogP contribution in [0.3, 0.4) is 0 Å². The molecule has 0 saturated carbocycles. The van der Waals surface area contributed by atoms with Gasteiger partial charge >= 0.3 is 0 Å². The van der Waals surface area contributed by atoms with E-state index in [1.807, 2.05) is 23.6 Å². The second-order valence-corrected chi connectivity index (χ2v) is 7.41. The van der Waals surface area contributed by atoms with Crippen molar-refractivity contribution in [1.82, 2.24) is 19.6 Å². The normalized spacial score (nSPS) is 11.0. The van der Waals surface area contributed by atoms with Gasteiger partial charge in [0.25, 0.3) is 11.3 Å². The van der Waals surface area contributed by atoms with Crippen LogP contribution in [0.25, 0.3) is 5.78 Å². The zero-order valence-corrected chi connectivity index (χ0v) is 15.9. The lowest BCUT2D eigenvalue weighted by Gasteiger charge is -2.08. The minimum Gasteiger partial charge on any atom is -0.379 e. The van der Waals surface area contributed by atoms with Crippen LogP contribution in [-0.2, 0) is 13.1 Å². The molecule has 0 bridgehead atoms. The lowest BCUT2D eigenvalue weighted by Crippen LogP contribution is -2.17. The first-order valence-corrected chi connectivity index (χ1v) is 9.52. The molecule has 3 aromatic heterocycles. The van der Waals surface area contributed by atoms with Crippen molar-refractivity contribution < 1.29 is 0 Å². The highest BCUT2D eigenvalue weighted by Crippen LogP contribution is 2.15. The van der Waals surface area contributed by atoms with Gasteiger partial charge in [-0.15, -0.1) is 11.3 Å². The molecule has 4 aromatic rings. The number of nitrogens with zero attached hydrogens (tertiary/aromatic N) is 3. The van der Waals surface area contributed by atoms with E-state index in [1.165, 1.54) is 26.6 Å². The van der Waals surface area contributed by atoms with E-state index in [0.29, 0.717) is 30.5 Å². The number of hydrogen-bond acceptors (Lipinski definition) is 6. The minimum atomic E-state index is -0.187. The number of thiophene rings is 1. The molecule has 0 unspecified atom stereocenters. The molecule has 138 valence electrons. The van der Waals surface area contributed by atoms with Crippen molar-refractivity contribution >= 4 is 28.8 Å². The number of aromatic nitrogens is 4. The van der Waals surface area contributed by atoms with Crippen LogP contribution in [0, 0.1) is 13.8 Å². The van der Waals surface area contributed by atoms with E-state index in [0.717, 1.165) is 5.69 Å². The SMILES string of the molecule is Cc1ccc(NCc2cc(=O)n3[nH]c(NCc4cccs4)nc3n2)cc1C. The molecule has 0 amide bonds. The van der Waals surface area contributed by atoms with E-state index in [1.54, 1.807) is 11.3 Å². The molecule has 0 aliphatic heterocycles. The van der Waals surface area contributed by atoms with Crippen molar-refractivity contribution in [3.05, 3.63) is 73.8 Å². The van der Waals surface area contributed by atoms with Crippen molar-refractivity contribution in [3.8, 4) is 0 Å². The standard InChI is InChI=1S/C19H20N6OS/c1-12-5-6-14(8-13(12)2)20-10-15-9-17(26)25-19(22-15)23-18(24-25)21-11-16-4-3-7-27-16/h3-9,20H,10-11H2,1-2H3,(H2,21,22,23,24). The van der Waals surface area contributed by atoms with Gasteiger partial charge in [-0.3, -0.25) is 9.89 Å². The smallest absolute Gasteiger partial charge is 0.274 e. The molecular formula is C19H20N6OS. The van der Waals surface area contributed by atoms with E-state index < -0.39 is 0 Å². The first-order chi connectivity index (χ1) is 13.1. The Morgan fingerprint density at radius 3 is 2.74 bits per heavy atom. The Balaban J connectivity index is 1.50. The highest BCUT2D eigenvalue weighted by molar-refractivity contribution is 7.09. The average Bonchev–Trinajstić information content (AvgIpc) is 3.30. The molecule has 27 heavy (non-hydrogen) atoms. The van der Waals surface area contributed by atoms with Crippen molar-refractivity contribution in [3.63, 3.8) is 0 Å². The fourth-order valence-electron chi connectivity index (χ4n) is 2.72. The predicted octanol–water partition coefficient (Wildman–Crippen LogP) is 3.32. The third-order valence-electron chi connectivity index (χ3n) is 4.37. The molecule has 0 spiro atoms. The maximum atomic E-state index is 12.4. The first kappa shape index (κ1) is 17.3. The number of H-pyrrole nitrogens is 1. The predicted molar refractivity (Wildman–Crippen MR) is 108 cm³/mol. The molecule has 4 rings (SSSR count). The maximum absolute atomic E-state index is 12.4. The van der Waals surface area contributed by atoms with Crippen LogP contribution in [0.15, 0.2) is 46.6 Å². The van der Waals surface area contributed by atoms with Crippen molar-refractivity contribution in [2.45, 2.75) is 26.9 Å². The molecule has 7 nitrogen and oxygen atoms in total. The van der Waals surface area contributed by atoms with Gasteiger partial charge < -0.3 is 10.6 Å². The van der Waals surface area contributed by atoms with Crippen molar-refractivity contribution in [1.29, 1.82) is 0 Å². The molecule has 0 aliphatic rings. The van der Waals surface area contributed by atoms with Crippen molar-refractivity contribution in [2.24, 2.45) is 0 Å². The van der Waals surface area contributed by atoms with Crippen LogP contribution in [0.2, 0.25) is 0 Å². The molecule has 0 saturated heterocycles. The van der Waals surface area contributed by atoms with Gasteiger partial charge in [-0.1, -0.05) is 12.1 Å². The highest BCUT2D eigenvalue weighted by atomic mass is 32.1. The Morgan fingerprint density at radius 1 is 1.07 bits per heavy atom. The highest BCUT2D eigenvalue weighted by Gasteiger charge is 2.08. The molecule has 1 aromatic carbocycles. The topological polar surface area (TPSA) is 87.1 Å². The zero-order chi connectivity index (χ0) is 18.8. The lowest BCUT2D eigenvalue weighted by atomic mass is 10.1. The summed E-state index contributed by atoms with van der Waals surface area (Å²) in [5, 5.41) is 11.5. The van der Waals surface area contributed by atoms with Gasteiger partial charge in [0.05, 0.1) is 18.8 Å². The summed E-state index contributed by atoms with van der Waals surface area (Å²) in [4.78, 5) is 22.4. The van der Waals surface area contributed by atoms with Crippen LogP contribution >= 0.6 is 11.3 Å². The van der Waals surface area contributed by atoms with E-state index in [4.69, 9.17) is 0 Å². The number of fused-ring (bicyclic) bond motifs is 1. The number of anilines is 2. The van der Waals surface area contributed by atoms with Crippen LogP contribution in [0.5, 0.6) is 0 Å². The van der Waals surface area contributed by atoms with E-state index in [-0.39, 0.29) is 5.56 Å². The Hall–Kier alpha value is -3.13.